The summed E-state index contributed by atoms with van der Waals surface area (Å²) in [6.45, 7) is 1.92. The van der Waals surface area contributed by atoms with Gasteiger partial charge in [-0.25, -0.2) is 0 Å². The Balaban J connectivity index is 2.12. The van der Waals surface area contributed by atoms with Gasteiger partial charge in [-0.15, -0.1) is 0 Å². The Morgan fingerprint density at radius 3 is 2.00 bits per heavy atom. The van der Waals surface area contributed by atoms with E-state index in [1.165, 1.54) is 0 Å². The van der Waals surface area contributed by atoms with Crippen LogP contribution in [0, 0.1) is 5.41 Å². The van der Waals surface area contributed by atoms with Crippen molar-refractivity contribution in [1.29, 1.82) is 0 Å². The maximum Gasteiger partial charge on any atom is 0.198 e. The van der Waals surface area contributed by atoms with Gasteiger partial charge in [-0.2, -0.15) is 0 Å². The summed E-state index contributed by atoms with van der Waals surface area (Å²) in [6.07, 6.45) is 3.00. The van der Waals surface area contributed by atoms with Crippen LogP contribution in [0.3, 0.4) is 0 Å². The summed E-state index contributed by atoms with van der Waals surface area (Å²) in [5, 5.41) is 3.24. The molecule has 1 saturated carbocycles. The molecule has 0 radical (unpaired) electrons. The zero-order valence-electron chi connectivity index (χ0n) is 7.06. The quantitative estimate of drug-likeness (QED) is 0.527. The second kappa shape index (κ2) is 2.66. The Kier molecular flexibility index (Phi) is 1.76. The Bertz CT molecular complexity index is 211. The molecule has 12 heavy (non-hydrogen) atoms. The maximum atomic E-state index is 11.1. The molecule has 0 amide bonds. The van der Waals surface area contributed by atoms with Crippen LogP contribution in [-0.2, 0) is 9.59 Å². The first-order valence-corrected chi connectivity index (χ1v) is 4.49. The van der Waals surface area contributed by atoms with E-state index < -0.39 is 0 Å². The molecule has 1 spiro atoms. The fourth-order valence-corrected chi connectivity index (χ4v) is 2.25. The predicted octanol–water partition coefficient (Wildman–Crippen LogP) is 0.288. The Morgan fingerprint density at radius 2 is 1.50 bits per heavy atom. The normalized spacial score (nSPS) is 28.3. The smallest absolute Gasteiger partial charge is 0.198 e. The lowest BCUT2D eigenvalue weighted by Gasteiger charge is -2.31. The first-order chi connectivity index (χ1) is 5.72. The Morgan fingerprint density at radius 1 is 1.00 bits per heavy atom. The van der Waals surface area contributed by atoms with Crippen LogP contribution >= 0.6 is 0 Å². The molecule has 1 heterocycles. The van der Waals surface area contributed by atoms with Crippen LogP contribution < -0.4 is 5.32 Å². The van der Waals surface area contributed by atoms with Gasteiger partial charge in [-0.1, -0.05) is 0 Å². The number of carbonyl (C=O) groups excluding carboxylic acids is 2. The molecule has 1 saturated heterocycles. The summed E-state index contributed by atoms with van der Waals surface area (Å²) >= 11 is 0. The molecule has 2 aliphatic rings. The first-order valence-electron chi connectivity index (χ1n) is 4.49. The SMILES string of the molecule is O=C1CC2(CCNCC2)CC1=O. The fraction of sp³-hybridized carbons (Fsp3) is 0.778. The number of rotatable bonds is 0. The van der Waals surface area contributed by atoms with Gasteiger partial charge in [0, 0.05) is 12.8 Å². The van der Waals surface area contributed by atoms with Crippen molar-refractivity contribution in [1.82, 2.24) is 5.32 Å². The van der Waals surface area contributed by atoms with Crippen LogP contribution in [0.15, 0.2) is 0 Å². The maximum absolute atomic E-state index is 11.1. The highest BCUT2D eigenvalue weighted by atomic mass is 16.2. The van der Waals surface area contributed by atoms with Crippen molar-refractivity contribution in [2.45, 2.75) is 25.7 Å². The number of hydrogen-bond acceptors (Lipinski definition) is 3. The van der Waals surface area contributed by atoms with Gasteiger partial charge in [0.25, 0.3) is 0 Å². The molecule has 2 rings (SSSR count). The molecule has 1 aliphatic heterocycles. The van der Waals surface area contributed by atoms with Crippen molar-refractivity contribution in [3.63, 3.8) is 0 Å². The van der Waals surface area contributed by atoms with Crippen LogP contribution in [0.25, 0.3) is 0 Å². The van der Waals surface area contributed by atoms with E-state index in [0.717, 1.165) is 25.9 Å². The largest absolute Gasteiger partial charge is 0.317 e. The van der Waals surface area contributed by atoms with Crippen LogP contribution in [0.1, 0.15) is 25.7 Å². The number of Topliss-reactive ketones (excluding diaryl/α,β-unsaturated/α-hetero) is 2. The van der Waals surface area contributed by atoms with E-state index in [-0.39, 0.29) is 17.0 Å². The minimum absolute atomic E-state index is 0.0550. The second-order valence-corrected chi connectivity index (χ2v) is 3.95. The molecule has 66 valence electrons. The highest BCUT2D eigenvalue weighted by Gasteiger charge is 2.44. The van der Waals surface area contributed by atoms with Crippen molar-refractivity contribution < 1.29 is 9.59 Å². The summed E-state index contributed by atoms with van der Waals surface area (Å²) in [5.41, 5.74) is 0.0550. The Labute approximate surface area is 71.5 Å². The number of piperidine rings is 1. The minimum atomic E-state index is -0.142. The number of carbonyl (C=O) groups is 2. The van der Waals surface area contributed by atoms with E-state index >= 15 is 0 Å². The molecule has 0 unspecified atom stereocenters. The van der Waals surface area contributed by atoms with Crippen molar-refractivity contribution in [3.8, 4) is 0 Å². The van der Waals surface area contributed by atoms with E-state index in [9.17, 15) is 9.59 Å². The van der Waals surface area contributed by atoms with E-state index in [0.29, 0.717) is 12.8 Å². The molecular formula is C9H13NO2. The van der Waals surface area contributed by atoms with Gasteiger partial charge in [-0.05, 0) is 31.3 Å². The summed E-state index contributed by atoms with van der Waals surface area (Å²) in [7, 11) is 0. The van der Waals surface area contributed by atoms with Gasteiger partial charge in [0.15, 0.2) is 11.6 Å². The molecule has 1 N–H and O–H groups in total. The van der Waals surface area contributed by atoms with Gasteiger partial charge in [0.05, 0.1) is 0 Å². The molecule has 3 nitrogen and oxygen atoms in total. The minimum Gasteiger partial charge on any atom is -0.317 e. The van der Waals surface area contributed by atoms with Crippen LogP contribution in [0.2, 0.25) is 0 Å². The lowest BCUT2D eigenvalue weighted by molar-refractivity contribution is -0.134. The topological polar surface area (TPSA) is 46.2 Å². The number of nitrogens with one attached hydrogen (secondary N) is 1. The zero-order chi connectivity index (χ0) is 8.60. The first kappa shape index (κ1) is 7.92. The van der Waals surface area contributed by atoms with Crippen LogP contribution in [0.5, 0.6) is 0 Å². The molecule has 0 aromatic rings. The average Bonchev–Trinajstić information content (AvgIpc) is 2.29. The Hall–Kier alpha value is -0.700. The monoisotopic (exact) mass is 167 g/mol. The van der Waals surface area contributed by atoms with Gasteiger partial charge < -0.3 is 5.32 Å². The summed E-state index contributed by atoms with van der Waals surface area (Å²) in [5.74, 6) is -0.284. The molecule has 3 heteroatoms. The van der Waals surface area contributed by atoms with E-state index in [2.05, 4.69) is 5.32 Å². The van der Waals surface area contributed by atoms with E-state index in [1.54, 1.807) is 0 Å². The van der Waals surface area contributed by atoms with Crippen LogP contribution in [0.4, 0.5) is 0 Å². The standard InChI is InChI=1S/C9H13NO2/c11-7-5-9(6-8(7)12)1-3-10-4-2-9/h10H,1-6H2. The van der Waals surface area contributed by atoms with Crippen LogP contribution in [-0.4, -0.2) is 24.7 Å². The van der Waals surface area contributed by atoms with Crippen molar-refractivity contribution in [2.75, 3.05) is 13.1 Å². The molecule has 0 atom stereocenters. The molecule has 0 aromatic heterocycles. The van der Waals surface area contributed by atoms with Crippen molar-refractivity contribution >= 4 is 11.6 Å². The lowest BCUT2D eigenvalue weighted by Crippen LogP contribution is -2.35. The second-order valence-electron chi connectivity index (χ2n) is 3.95. The summed E-state index contributed by atoms with van der Waals surface area (Å²) in [4.78, 5) is 22.2. The van der Waals surface area contributed by atoms with Gasteiger partial charge in [-0.3, -0.25) is 9.59 Å². The molecule has 0 aromatic carbocycles. The highest BCUT2D eigenvalue weighted by Crippen LogP contribution is 2.41. The van der Waals surface area contributed by atoms with Gasteiger partial charge in [0.2, 0.25) is 0 Å². The van der Waals surface area contributed by atoms with Gasteiger partial charge >= 0.3 is 0 Å². The average molecular weight is 167 g/mol. The summed E-state index contributed by atoms with van der Waals surface area (Å²) in [6, 6.07) is 0. The number of hydrogen-bond donors (Lipinski definition) is 1. The molecular weight excluding hydrogens is 154 g/mol. The zero-order valence-corrected chi connectivity index (χ0v) is 7.06. The lowest BCUT2D eigenvalue weighted by atomic mass is 9.77. The summed E-state index contributed by atoms with van der Waals surface area (Å²) < 4.78 is 0. The van der Waals surface area contributed by atoms with Gasteiger partial charge in [0.1, 0.15) is 0 Å². The third kappa shape index (κ3) is 1.18. The third-order valence-corrected chi connectivity index (χ3v) is 3.05. The molecule has 0 bridgehead atoms. The van der Waals surface area contributed by atoms with E-state index in [4.69, 9.17) is 0 Å². The highest BCUT2D eigenvalue weighted by molar-refractivity contribution is 6.39. The van der Waals surface area contributed by atoms with Crippen molar-refractivity contribution in [2.24, 2.45) is 5.41 Å². The number of ketones is 2. The van der Waals surface area contributed by atoms with Crippen molar-refractivity contribution in [3.05, 3.63) is 0 Å². The fourth-order valence-electron chi connectivity index (χ4n) is 2.25. The predicted molar refractivity (Wildman–Crippen MR) is 43.8 cm³/mol. The molecule has 1 aliphatic carbocycles. The molecule has 2 fully saturated rings. The van der Waals surface area contributed by atoms with E-state index in [1.807, 2.05) is 0 Å². The third-order valence-electron chi connectivity index (χ3n) is 3.05.